The Bertz CT molecular complexity index is 1050. The number of rotatable bonds is 5. The number of aromatic nitrogens is 1. The molecule has 0 aliphatic heterocycles. The monoisotopic (exact) mass is 425 g/mol. The van der Waals surface area contributed by atoms with Crippen LogP contribution in [-0.2, 0) is 23.4 Å². The molecule has 2 aliphatic carbocycles. The fourth-order valence-corrected chi connectivity index (χ4v) is 5.43. The van der Waals surface area contributed by atoms with Gasteiger partial charge in [-0.15, -0.1) is 24.2 Å². The van der Waals surface area contributed by atoms with Gasteiger partial charge in [-0.25, -0.2) is 0 Å². The van der Waals surface area contributed by atoms with Crippen molar-refractivity contribution in [2.24, 2.45) is 5.92 Å². The number of hydrogen-bond donors (Lipinski definition) is 1. The Kier molecular flexibility index (Phi) is 5.84. The number of aryl methyl sites for hydroxylation is 1. The first-order valence-electron chi connectivity index (χ1n) is 10.0. The second-order valence-corrected chi connectivity index (χ2v) is 8.99. The molecule has 29 heavy (non-hydrogen) atoms. The van der Waals surface area contributed by atoms with E-state index in [0.717, 1.165) is 18.6 Å². The molecular formula is C24H24ClNO2S. The summed E-state index contributed by atoms with van der Waals surface area (Å²) in [6, 6.07) is 15.0. The summed E-state index contributed by atoms with van der Waals surface area (Å²) in [4.78, 5) is 17.6. The Labute approximate surface area is 181 Å². The molecule has 0 radical (unpaired) electrons. The van der Waals surface area contributed by atoms with E-state index in [1.807, 2.05) is 24.0 Å². The fraction of sp³-hybridized carbons (Fsp3) is 0.333. The van der Waals surface area contributed by atoms with Crippen molar-refractivity contribution in [1.82, 2.24) is 4.98 Å². The molecule has 5 rings (SSSR count). The minimum atomic E-state index is -0.668. The van der Waals surface area contributed by atoms with E-state index < -0.39 is 5.97 Å². The number of carboxylic acids is 1. The van der Waals surface area contributed by atoms with Crippen LogP contribution in [0.15, 0.2) is 53.6 Å². The molecule has 1 atom stereocenters. The van der Waals surface area contributed by atoms with Gasteiger partial charge in [-0.3, -0.25) is 9.78 Å². The van der Waals surface area contributed by atoms with Crippen molar-refractivity contribution < 1.29 is 9.90 Å². The highest BCUT2D eigenvalue weighted by atomic mass is 35.5. The van der Waals surface area contributed by atoms with E-state index in [2.05, 4.69) is 36.4 Å². The van der Waals surface area contributed by atoms with Crippen LogP contribution in [0.1, 0.15) is 47.6 Å². The molecule has 0 bridgehead atoms. The Hall–Kier alpha value is -2.04. The van der Waals surface area contributed by atoms with Crippen LogP contribution in [0.5, 0.6) is 0 Å². The predicted octanol–water partition coefficient (Wildman–Crippen LogP) is 6.02. The SMILES string of the molecule is Cl.O=C(O)C1CCc2cc3cnc(C4CC4)cc3c(SCc3ccccc3)c2C1. The highest BCUT2D eigenvalue weighted by Gasteiger charge is 2.29. The summed E-state index contributed by atoms with van der Waals surface area (Å²) < 4.78 is 0. The number of aliphatic carboxylic acids is 1. The topological polar surface area (TPSA) is 50.2 Å². The van der Waals surface area contributed by atoms with Gasteiger partial charge in [0.05, 0.1) is 5.92 Å². The average molecular weight is 426 g/mol. The number of fused-ring (bicyclic) bond motifs is 2. The van der Waals surface area contributed by atoms with Crippen molar-refractivity contribution in [3.05, 3.63) is 71.0 Å². The molecule has 1 aromatic heterocycles. The van der Waals surface area contributed by atoms with Crippen LogP contribution in [0.4, 0.5) is 0 Å². The summed E-state index contributed by atoms with van der Waals surface area (Å²) in [6.45, 7) is 0. The van der Waals surface area contributed by atoms with Gasteiger partial charge >= 0.3 is 5.97 Å². The molecule has 0 spiro atoms. The van der Waals surface area contributed by atoms with E-state index in [1.165, 1.54) is 50.9 Å². The fourth-order valence-electron chi connectivity index (χ4n) is 4.21. The normalized spacial score (nSPS) is 18.1. The number of hydrogen-bond acceptors (Lipinski definition) is 3. The van der Waals surface area contributed by atoms with Crippen LogP contribution in [0.25, 0.3) is 10.8 Å². The van der Waals surface area contributed by atoms with Crippen LogP contribution in [-0.4, -0.2) is 16.1 Å². The number of pyridine rings is 1. The van der Waals surface area contributed by atoms with Crippen molar-refractivity contribution in [2.75, 3.05) is 0 Å². The van der Waals surface area contributed by atoms with E-state index in [0.29, 0.717) is 12.3 Å². The summed E-state index contributed by atoms with van der Waals surface area (Å²) in [5.74, 6) is 0.564. The molecular weight excluding hydrogens is 402 g/mol. The molecule has 150 valence electrons. The summed E-state index contributed by atoms with van der Waals surface area (Å²) in [5, 5.41) is 12.0. The molecule has 3 aromatic rings. The molecule has 1 unspecified atom stereocenters. The van der Waals surface area contributed by atoms with Gasteiger partial charge in [0.25, 0.3) is 0 Å². The summed E-state index contributed by atoms with van der Waals surface area (Å²) in [7, 11) is 0. The van der Waals surface area contributed by atoms with Crippen LogP contribution in [0, 0.1) is 5.92 Å². The maximum Gasteiger partial charge on any atom is 0.306 e. The van der Waals surface area contributed by atoms with Gasteiger partial charge in [0.15, 0.2) is 0 Å². The zero-order chi connectivity index (χ0) is 19.1. The van der Waals surface area contributed by atoms with Crippen molar-refractivity contribution in [2.45, 2.75) is 48.7 Å². The Morgan fingerprint density at radius 3 is 2.66 bits per heavy atom. The number of nitrogens with zero attached hydrogens (tertiary/aromatic N) is 1. The van der Waals surface area contributed by atoms with Crippen molar-refractivity contribution in [1.29, 1.82) is 0 Å². The highest BCUT2D eigenvalue weighted by Crippen LogP contribution is 2.43. The van der Waals surface area contributed by atoms with Gasteiger partial charge in [0, 0.05) is 33.8 Å². The van der Waals surface area contributed by atoms with Crippen LogP contribution in [0.2, 0.25) is 0 Å². The van der Waals surface area contributed by atoms with E-state index in [4.69, 9.17) is 4.98 Å². The lowest BCUT2D eigenvalue weighted by Gasteiger charge is -2.25. The molecule has 1 N–H and O–H groups in total. The van der Waals surface area contributed by atoms with E-state index in [9.17, 15) is 9.90 Å². The predicted molar refractivity (Wildman–Crippen MR) is 120 cm³/mol. The molecule has 3 nitrogen and oxygen atoms in total. The van der Waals surface area contributed by atoms with Crippen molar-refractivity contribution in [3.63, 3.8) is 0 Å². The minimum Gasteiger partial charge on any atom is -0.481 e. The quantitative estimate of drug-likeness (QED) is 0.508. The maximum atomic E-state index is 11.7. The summed E-state index contributed by atoms with van der Waals surface area (Å²) >= 11 is 1.85. The van der Waals surface area contributed by atoms with Crippen LogP contribution >= 0.6 is 24.2 Å². The highest BCUT2D eigenvalue weighted by molar-refractivity contribution is 7.98. The Morgan fingerprint density at radius 1 is 1.14 bits per heavy atom. The number of carbonyl (C=O) groups is 1. The Morgan fingerprint density at radius 2 is 1.93 bits per heavy atom. The van der Waals surface area contributed by atoms with Gasteiger partial charge < -0.3 is 5.11 Å². The maximum absolute atomic E-state index is 11.7. The van der Waals surface area contributed by atoms with Crippen molar-refractivity contribution >= 4 is 40.9 Å². The van der Waals surface area contributed by atoms with Gasteiger partial charge in [-0.05, 0) is 66.3 Å². The zero-order valence-electron chi connectivity index (χ0n) is 16.1. The first-order chi connectivity index (χ1) is 13.7. The summed E-state index contributed by atoms with van der Waals surface area (Å²) in [6.07, 6.45) is 6.70. The molecule has 1 heterocycles. The third kappa shape index (κ3) is 4.15. The minimum absolute atomic E-state index is 0. The number of thioether (sulfide) groups is 1. The molecule has 1 saturated carbocycles. The van der Waals surface area contributed by atoms with E-state index in [1.54, 1.807) is 0 Å². The lowest BCUT2D eigenvalue weighted by atomic mass is 9.82. The molecule has 5 heteroatoms. The zero-order valence-corrected chi connectivity index (χ0v) is 17.8. The molecule has 0 amide bonds. The lowest BCUT2D eigenvalue weighted by molar-refractivity contribution is -0.142. The average Bonchev–Trinajstić information content (AvgIpc) is 3.56. The lowest BCUT2D eigenvalue weighted by Crippen LogP contribution is -2.22. The first-order valence-corrected chi connectivity index (χ1v) is 11.0. The largest absolute Gasteiger partial charge is 0.481 e. The third-order valence-electron chi connectivity index (χ3n) is 5.98. The smallest absolute Gasteiger partial charge is 0.306 e. The van der Waals surface area contributed by atoms with Gasteiger partial charge in [-0.2, -0.15) is 0 Å². The van der Waals surface area contributed by atoms with Crippen LogP contribution < -0.4 is 0 Å². The third-order valence-corrected chi connectivity index (χ3v) is 7.21. The molecule has 2 aliphatic rings. The van der Waals surface area contributed by atoms with Gasteiger partial charge in [0.1, 0.15) is 0 Å². The number of benzene rings is 2. The second kappa shape index (κ2) is 8.37. The standard InChI is InChI=1S/C24H23NO2S.ClH/c26-24(27)18-9-8-17-10-19-13-25-22(16-6-7-16)12-21(19)23(20(17)11-18)28-14-15-4-2-1-3-5-15;/h1-5,10,12-13,16,18H,6-9,11,14H2,(H,26,27);1H. The molecule has 2 aromatic carbocycles. The molecule has 1 fully saturated rings. The van der Waals surface area contributed by atoms with Gasteiger partial charge in [-0.1, -0.05) is 30.3 Å². The Balaban J connectivity index is 0.00000205. The number of carboxylic acid groups (broad SMARTS) is 1. The van der Waals surface area contributed by atoms with E-state index in [-0.39, 0.29) is 18.3 Å². The van der Waals surface area contributed by atoms with Crippen LogP contribution in [0.3, 0.4) is 0 Å². The second-order valence-electron chi connectivity index (χ2n) is 8.00. The van der Waals surface area contributed by atoms with Gasteiger partial charge in [0.2, 0.25) is 0 Å². The first kappa shape index (κ1) is 20.2. The molecule has 0 saturated heterocycles. The summed E-state index contributed by atoms with van der Waals surface area (Å²) in [5.41, 5.74) is 5.04. The number of halogens is 1. The van der Waals surface area contributed by atoms with E-state index >= 15 is 0 Å². The van der Waals surface area contributed by atoms with Crippen molar-refractivity contribution in [3.8, 4) is 0 Å².